The van der Waals surface area contributed by atoms with Crippen LogP contribution in [0.4, 0.5) is 5.82 Å². The summed E-state index contributed by atoms with van der Waals surface area (Å²) in [5.74, 6) is 0.350. The second kappa shape index (κ2) is 6.28. The van der Waals surface area contributed by atoms with Crippen molar-refractivity contribution >= 4 is 11.8 Å². The molecule has 0 amide bonds. The van der Waals surface area contributed by atoms with Crippen LogP contribution >= 0.6 is 0 Å². The number of rotatable bonds is 5. The summed E-state index contributed by atoms with van der Waals surface area (Å²) < 4.78 is 5.54. The number of aliphatic carboxylic acids is 1. The number of hydrogen-bond donors (Lipinski definition) is 2. The smallest absolute Gasteiger partial charge is 0.311 e. The minimum atomic E-state index is -0.762. The molecule has 2 unspecified atom stereocenters. The molecular formula is C15H23N3O3. The number of ether oxygens (including phenoxy) is 1. The summed E-state index contributed by atoms with van der Waals surface area (Å²) in [6.45, 7) is 5.66. The Morgan fingerprint density at radius 3 is 2.90 bits per heavy atom. The minimum Gasteiger partial charge on any atom is -0.481 e. The van der Waals surface area contributed by atoms with Crippen LogP contribution in [-0.4, -0.2) is 33.2 Å². The van der Waals surface area contributed by atoms with Gasteiger partial charge in [-0.15, -0.1) is 0 Å². The third-order valence-electron chi connectivity index (χ3n) is 4.02. The summed E-state index contributed by atoms with van der Waals surface area (Å²) >= 11 is 0. The topological polar surface area (TPSA) is 84.3 Å². The first kappa shape index (κ1) is 15.5. The molecule has 21 heavy (non-hydrogen) atoms. The fraction of sp³-hybridized carbons (Fsp3) is 0.667. The normalized spacial score (nSPS) is 25.6. The van der Waals surface area contributed by atoms with Crippen molar-refractivity contribution < 1.29 is 14.6 Å². The molecule has 0 spiro atoms. The van der Waals surface area contributed by atoms with Gasteiger partial charge in [0.2, 0.25) is 5.88 Å². The maximum atomic E-state index is 11.6. The van der Waals surface area contributed by atoms with Crippen LogP contribution in [0, 0.1) is 5.41 Å². The second-order valence-corrected chi connectivity index (χ2v) is 6.07. The van der Waals surface area contributed by atoms with E-state index in [9.17, 15) is 9.90 Å². The maximum Gasteiger partial charge on any atom is 0.311 e. The van der Waals surface area contributed by atoms with Gasteiger partial charge in [-0.2, -0.15) is 0 Å². The average molecular weight is 293 g/mol. The summed E-state index contributed by atoms with van der Waals surface area (Å²) in [4.78, 5) is 19.8. The van der Waals surface area contributed by atoms with E-state index >= 15 is 0 Å². The molecule has 0 radical (unpaired) electrons. The standard InChI is InChI=1S/C15H23N3O3/c1-10(2)21-13-8-12(16-9-17-13)18-11-6-4-5-7-15(11,3)14(19)20/h8-11H,4-7H2,1-3H3,(H,19,20)(H,16,17,18). The first-order valence-electron chi connectivity index (χ1n) is 7.40. The van der Waals surface area contributed by atoms with Crippen molar-refractivity contribution in [1.29, 1.82) is 0 Å². The quantitative estimate of drug-likeness (QED) is 0.868. The van der Waals surface area contributed by atoms with Crippen LogP contribution < -0.4 is 10.1 Å². The molecule has 1 aliphatic carbocycles. The second-order valence-electron chi connectivity index (χ2n) is 6.07. The van der Waals surface area contributed by atoms with Crippen molar-refractivity contribution in [3.8, 4) is 5.88 Å². The highest BCUT2D eigenvalue weighted by Crippen LogP contribution is 2.38. The van der Waals surface area contributed by atoms with E-state index in [1.165, 1.54) is 6.33 Å². The molecule has 0 bridgehead atoms. The molecule has 0 saturated heterocycles. The highest BCUT2D eigenvalue weighted by Gasteiger charge is 2.43. The van der Waals surface area contributed by atoms with E-state index < -0.39 is 11.4 Å². The SMILES string of the molecule is CC(C)Oc1cc(NC2CCCCC2(C)C(=O)O)ncn1. The predicted octanol–water partition coefficient (Wildman–Crippen LogP) is 2.71. The number of aromatic nitrogens is 2. The van der Waals surface area contributed by atoms with E-state index in [-0.39, 0.29) is 12.1 Å². The minimum absolute atomic E-state index is 0.0340. The summed E-state index contributed by atoms with van der Waals surface area (Å²) in [5.41, 5.74) is -0.762. The van der Waals surface area contributed by atoms with E-state index in [0.29, 0.717) is 18.1 Å². The fourth-order valence-corrected chi connectivity index (χ4v) is 2.72. The van der Waals surface area contributed by atoms with Gasteiger partial charge < -0.3 is 15.2 Å². The van der Waals surface area contributed by atoms with Crippen LogP contribution in [-0.2, 0) is 4.79 Å². The van der Waals surface area contributed by atoms with Crippen LogP contribution in [0.2, 0.25) is 0 Å². The van der Waals surface area contributed by atoms with E-state index in [4.69, 9.17) is 4.74 Å². The van der Waals surface area contributed by atoms with Crippen molar-refractivity contribution in [3.63, 3.8) is 0 Å². The number of carboxylic acids is 1. The number of hydrogen-bond acceptors (Lipinski definition) is 5. The Morgan fingerprint density at radius 2 is 2.24 bits per heavy atom. The molecule has 1 fully saturated rings. The van der Waals surface area contributed by atoms with Gasteiger partial charge in [0.1, 0.15) is 12.1 Å². The number of anilines is 1. The molecule has 2 rings (SSSR count). The number of carbonyl (C=O) groups is 1. The lowest BCUT2D eigenvalue weighted by Crippen LogP contribution is -2.46. The van der Waals surface area contributed by atoms with E-state index in [2.05, 4.69) is 15.3 Å². The van der Waals surface area contributed by atoms with Gasteiger partial charge >= 0.3 is 5.97 Å². The molecular weight excluding hydrogens is 270 g/mol. The lowest BCUT2D eigenvalue weighted by molar-refractivity contribution is -0.150. The predicted molar refractivity (Wildman–Crippen MR) is 79.4 cm³/mol. The van der Waals surface area contributed by atoms with Gasteiger partial charge in [0.15, 0.2) is 0 Å². The van der Waals surface area contributed by atoms with Crippen molar-refractivity contribution in [1.82, 2.24) is 9.97 Å². The van der Waals surface area contributed by atoms with Crippen molar-refractivity contribution in [2.75, 3.05) is 5.32 Å². The van der Waals surface area contributed by atoms with Gasteiger partial charge in [-0.1, -0.05) is 12.8 Å². The summed E-state index contributed by atoms with van der Waals surface area (Å²) in [7, 11) is 0. The molecule has 1 aromatic rings. The van der Waals surface area contributed by atoms with Crippen molar-refractivity contribution in [2.24, 2.45) is 5.41 Å². The Morgan fingerprint density at radius 1 is 1.48 bits per heavy atom. The zero-order valence-electron chi connectivity index (χ0n) is 12.8. The molecule has 6 heteroatoms. The van der Waals surface area contributed by atoms with Crippen LogP contribution in [0.1, 0.15) is 46.5 Å². The van der Waals surface area contributed by atoms with Gasteiger partial charge in [0.25, 0.3) is 0 Å². The van der Waals surface area contributed by atoms with Gasteiger partial charge in [-0.05, 0) is 33.6 Å². The Balaban J connectivity index is 2.14. The van der Waals surface area contributed by atoms with Gasteiger partial charge in [0.05, 0.1) is 11.5 Å². The van der Waals surface area contributed by atoms with Crippen LogP contribution in [0.15, 0.2) is 12.4 Å². The molecule has 0 aromatic carbocycles. The average Bonchev–Trinajstić information content (AvgIpc) is 2.41. The molecule has 6 nitrogen and oxygen atoms in total. The third kappa shape index (κ3) is 3.62. The zero-order chi connectivity index (χ0) is 15.5. The zero-order valence-corrected chi connectivity index (χ0v) is 12.8. The third-order valence-corrected chi connectivity index (χ3v) is 4.02. The molecule has 1 heterocycles. The highest BCUT2D eigenvalue weighted by molar-refractivity contribution is 5.76. The number of nitrogens with zero attached hydrogens (tertiary/aromatic N) is 2. The Hall–Kier alpha value is -1.85. The maximum absolute atomic E-state index is 11.6. The first-order valence-corrected chi connectivity index (χ1v) is 7.40. The number of nitrogens with one attached hydrogen (secondary N) is 1. The van der Waals surface area contributed by atoms with Crippen LogP contribution in [0.5, 0.6) is 5.88 Å². The van der Waals surface area contributed by atoms with Gasteiger partial charge in [-0.3, -0.25) is 4.79 Å². The monoisotopic (exact) mass is 293 g/mol. The molecule has 1 aromatic heterocycles. The Kier molecular flexibility index (Phi) is 4.65. The summed E-state index contributed by atoms with van der Waals surface area (Å²) in [5, 5.41) is 12.8. The van der Waals surface area contributed by atoms with Crippen LogP contribution in [0.25, 0.3) is 0 Å². The van der Waals surface area contributed by atoms with Crippen LogP contribution in [0.3, 0.4) is 0 Å². The Bertz CT molecular complexity index is 507. The first-order chi connectivity index (χ1) is 9.91. The van der Waals surface area contributed by atoms with Gasteiger partial charge in [-0.25, -0.2) is 9.97 Å². The summed E-state index contributed by atoms with van der Waals surface area (Å²) in [6.07, 6.45) is 4.95. The molecule has 1 saturated carbocycles. The molecule has 1 aliphatic rings. The van der Waals surface area contributed by atoms with Crippen molar-refractivity contribution in [3.05, 3.63) is 12.4 Å². The van der Waals surface area contributed by atoms with E-state index in [1.807, 2.05) is 13.8 Å². The molecule has 2 N–H and O–H groups in total. The van der Waals surface area contributed by atoms with Crippen molar-refractivity contribution in [2.45, 2.75) is 58.6 Å². The molecule has 116 valence electrons. The van der Waals surface area contributed by atoms with E-state index in [0.717, 1.165) is 19.3 Å². The lowest BCUT2D eigenvalue weighted by Gasteiger charge is -2.38. The fourth-order valence-electron chi connectivity index (χ4n) is 2.72. The largest absolute Gasteiger partial charge is 0.481 e. The lowest BCUT2D eigenvalue weighted by atomic mass is 9.71. The Labute approximate surface area is 124 Å². The van der Waals surface area contributed by atoms with E-state index in [1.54, 1.807) is 13.0 Å². The summed E-state index contributed by atoms with van der Waals surface area (Å²) in [6, 6.07) is 1.59. The number of carboxylic acid groups (broad SMARTS) is 1. The molecule has 0 aliphatic heterocycles. The molecule has 2 atom stereocenters. The highest BCUT2D eigenvalue weighted by atomic mass is 16.5. The van der Waals surface area contributed by atoms with Gasteiger partial charge in [0, 0.05) is 12.1 Å².